The first-order chi connectivity index (χ1) is 14.6. The number of halogens is 1. The average Bonchev–Trinajstić information content (AvgIpc) is 3.36. The molecule has 1 saturated heterocycles. The first kappa shape index (κ1) is 25.2. The Labute approximate surface area is 201 Å². The van der Waals surface area contributed by atoms with E-state index in [2.05, 4.69) is 31.8 Å². The lowest BCUT2D eigenvalue weighted by molar-refractivity contribution is 0.195. The Balaban J connectivity index is 0.00000341. The number of hydrogen-bond acceptors (Lipinski definition) is 6. The second kappa shape index (κ2) is 12.7. The van der Waals surface area contributed by atoms with Crippen molar-refractivity contribution in [3.05, 3.63) is 35.9 Å². The highest BCUT2D eigenvalue weighted by Crippen LogP contribution is 2.30. The number of hydrogen-bond donors (Lipinski definition) is 2. The fourth-order valence-corrected chi connectivity index (χ4v) is 3.50. The largest absolute Gasteiger partial charge is 0.495 e. The quantitative estimate of drug-likeness (QED) is 0.217. The molecule has 1 fully saturated rings. The maximum absolute atomic E-state index is 5.53. The van der Waals surface area contributed by atoms with Crippen molar-refractivity contribution < 1.29 is 9.47 Å². The van der Waals surface area contributed by atoms with Crippen molar-refractivity contribution in [3.63, 3.8) is 0 Å². The van der Waals surface area contributed by atoms with Gasteiger partial charge in [-0.1, -0.05) is 12.1 Å². The normalized spacial score (nSPS) is 16.2. The topological polar surface area (TPSA) is 88.8 Å². The van der Waals surface area contributed by atoms with Gasteiger partial charge in [-0.2, -0.15) is 0 Å². The monoisotopic (exact) mass is 543 g/mol. The lowest BCUT2D eigenvalue weighted by Gasteiger charge is -2.22. The Hall–Kier alpha value is -2.08. The van der Waals surface area contributed by atoms with E-state index in [4.69, 9.17) is 14.5 Å². The Morgan fingerprint density at radius 1 is 1.26 bits per heavy atom. The third-order valence-electron chi connectivity index (χ3n) is 5.33. The minimum absolute atomic E-state index is 0. The van der Waals surface area contributed by atoms with Crippen LogP contribution in [0.1, 0.15) is 24.5 Å². The number of aromatic nitrogens is 3. The van der Waals surface area contributed by atoms with Crippen molar-refractivity contribution in [3.8, 4) is 5.75 Å². The van der Waals surface area contributed by atoms with Crippen LogP contribution >= 0.6 is 24.0 Å². The third kappa shape index (κ3) is 6.96. The summed E-state index contributed by atoms with van der Waals surface area (Å²) in [6, 6.07) is 8.45. The number of methoxy groups -OCH3 is 2. The van der Waals surface area contributed by atoms with Gasteiger partial charge in [0.1, 0.15) is 18.1 Å². The summed E-state index contributed by atoms with van der Waals surface area (Å²) in [7, 11) is 5.39. The number of aliphatic imine (C=N–C) groups is 1. The molecule has 1 aromatic carbocycles. The van der Waals surface area contributed by atoms with Gasteiger partial charge in [-0.25, -0.2) is 4.99 Å². The van der Waals surface area contributed by atoms with Gasteiger partial charge in [-0.15, -0.1) is 34.2 Å². The predicted molar refractivity (Wildman–Crippen MR) is 134 cm³/mol. The van der Waals surface area contributed by atoms with E-state index in [1.807, 2.05) is 36.7 Å². The van der Waals surface area contributed by atoms with Crippen LogP contribution in [-0.4, -0.2) is 67.2 Å². The zero-order valence-corrected chi connectivity index (χ0v) is 21.1. The summed E-state index contributed by atoms with van der Waals surface area (Å²) in [5.41, 5.74) is 1.13. The molecule has 2 heterocycles. The van der Waals surface area contributed by atoms with E-state index in [0.717, 1.165) is 61.5 Å². The van der Waals surface area contributed by atoms with Crippen molar-refractivity contribution in [2.24, 2.45) is 12.0 Å². The summed E-state index contributed by atoms with van der Waals surface area (Å²) in [6.07, 6.45) is 1.94. The van der Waals surface area contributed by atoms with Gasteiger partial charge in [0.2, 0.25) is 0 Å². The van der Waals surface area contributed by atoms with Crippen molar-refractivity contribution in [2.75, 3.05) is 45.4 Å². The van der Waals surface area contributed by atoms with Gasteiger partial charge in [0, 0.05) is 46.4 Å². The number of nitrogens with zero attached hydrogens (tertiary/aromatic N) is 5. The molecule has 0 bridgehead atoms. The minimum Gasteiger partial charge on any atom is -0.495 e. The Morgan fingerprint density at radius 3 is 2.77 bits per heavy atom. The number of ether oxygens (including phenoxy) is 2. The molecule has 2 aromatic rings. The molecule has 1 unspecified atom stereocenters. The molecule has 0 aliphatic carbocycles. The van der Waals surface area contributed by atoms with Crippen molar-refractivity contribution >= 4 is 35.6 Å². The Bertz CT molecular complexity index is 843. The molecule has 1 aliphatic heterocycles. The van der Waals surface area contributed by atoms with E-state index in [-0.39, 0.29) is 24.0 Å². The second-order valence-corrected chi connectivity index (χ2v) is 7.41. The zero-order chi connectivity index (χ0) is 21.3. The average molecular weight is 543 g/mol. The van der Waals surface area contributed by atoms with Gasteiger partial charge in [-0.3, -0.25) is 0 Å². The van der Waals surface area contributed by atoms with Crippen LogP contribution < -0.4 is 20.3 Å². The maximum Gasteiger partial charge on any atom is 0.191 e. The van der Waals surface area contributed by atoms with Crippen molar-refractivity contribution in [1.29, 1.82) is 0 Å². The van der Waals surface area contributed by atoms with Gasteiger partial charge in [0.05, 0.1) is 12.8 Å². The molecule has 2 N–H and O–H groups in total. The first-order valence-corrected chi connectivity index (χ1v) is 10.4. The lowest BCUT2D eigenvalue weighted by atomic mass is 10.2. The number of nitrogens with one attached hydrogen (secondary N) is 2. The van der Waals surface area contributed by atoms with Crippen molar-refractivity contribution in [2.45, 2.75) is 32.4 Å². The number of guanidine groups is 1. The minimum atomic E-state index is 0. The van der Waals surface area contributed by atoms with E-state index in [9.17, 15) is 0 Å². The van der Waals surface area contributed by atoms with Crippen LogP contribution in [0.25, 0.3) is 0 Å². The van der Waals surface area contributed by atoms with Crippen LogP contribution in [0.15, 0.2) is 29.3 Å². The third-order valence-corrected chi connectivity index (χ3v) is 5.33. The van der Waals surface area contributed by atoms with Crippen molar-refractivity contribution in [1.82, 2.24) is 25.4 Å². The molecule has 31 heavy (non-hydrogen) atoms. The molecular formula is C21H34IN7O2. The Kier molecular flexibility index (Phi) is 10.3. The van der Waals surface area contributed by atoms with Crippen LogP contribution in [0.2, 0.25) is 0 Å². The van der Waals surface area contributed by atoms with Gasteiger partial charge < -0.3 is 29.6 Å². The molecule has 0 saturated carbocycles. The molecular weight excluding hydrogens is 509 g/mol. The van der Waals surface area contributed by atoms with Crippen LogP contribution in [0.5, 0.6) is 5.75 Å². The van der Waals surface area contributed by atoms with Crippen LogP contribution in [-0.2, 0) is 18.3 Å². The summed E-state index contributed by atoms with van der Waals surface area (Å²) in [5.74, 6) is 3.42. The highest BCUT2D eigenvalue weighted by molar-refractivity contribution is 14.0. The number of aryl methyl sites for hydroxylation is 1. The summed E-state index contributed by atoms with van der Waals surface area (Å²) in [6.45, 7) is 5.78. The standard InChI is InChI=1S/C21H33N7O2.HI/c1-16-25-26-20(27(16)2)14-23-21(22-11-7-13-29-3)24-17-10-12-28(15-17)18-8-5-6-9-19(18)30-4;/h5-6,8-9,17H,7,10-15H2,1-4H3,(H2,22,23,24);1H. The molecule has 1 aromatic heterocycles. The van der Waals surface area contributed by atoms with Crippen LogP contribution in [0.4, 0.5) is 5.69 Å². The molecule has 0 amide bonds. The van der Waals surface area contributed by atoms with E-state index in [0.29, 0.717) is 19.2 Å². The summed E-state index contributed by atoms with van der Waals surface area (Å²) < 4.78 is 12.6. The molecule has 1 aliphatic rings. The number of anilines is 1. The highest BCUT2D eigenvalue weighted by atomic mass is 127. The number of rotatable bonds is 9. The fraction of sp³-hybridized carbons (Fsp3) is 0.571. The highest BCUT2D eigenvalue weighted by Gasteiger charge is 2.25. The maximum atomic E-state index is 5.53. The summed E-state index contributed by atoms with van der Waals surface area (Å²) >= 11 is 0. The van der Waals surface area contributed by atoms with Gasteiger partial charge >= 0.3 is 0 Å². The second-order valence-electron chi connectivity index (χ2n) is 7.41. The molecule has 9 nitrogen and oxygen atoms in total. The lowest BCUT2D eigenvalue weighted by Crippen LogP contribution is -2.45. The first-order valence-electron chi connectivity index (χ1n) is 10.4. The molecule has 0 spiro atoms. The molecule has 3 rings (SSSR count). The van der Waals surface area contributed by atoms with E-state index < -0.39 is 0 Å². The summed E-state index contributed by atoms with van der Waals surface area (Å²) in [4.78, 5) is 7.10. The molecule has 1 atom stereocenters. The molecule has 172 valence electrons. The van der Waals surface area contributed by atoms with Crippen LogP contribution in [0, 0.1) is 6.92 Å². The smallest absolute Gasteiger partial charge is 0.191 e. The molecule has 0 radical (unpaired) electrons. The zero-order valence-electron chi connectivity index (χ0n) is 18.8. The van der Waals surface area contributed by atoms with E-state index in [1.165, 1.54) is 0 Å². The molecule has 10 heteroatoms. The predicted octanol–water partition coefficient (Wildman–Crippen LogP) is 2.10. The Morgan fingerprint density at radius 2 is 2.06 bits per heavy atom. The fourth-order valence-electron chi connectivity index (χ4n) is 3.50. The van der Waals surface area contributed by atoms with E-state index in [1.54, 1.807) is 14.2 Å². The SMILES string of the molecule is COCCCNC(=NCc1nnc(C)n1C)NC1CCN(c2ccccc2OC)C1.I. The van der Waals surface area contributed by atoms with Crippen LogP contribution in [0.3, 0.4) is 0 Å². The van der Waals surface area contributed by atoms with Gasteiger partial charge in [0.25, 0.3) is 0 Å². The van der Waals surface area contributed by atoms with E-state index >= 15 is 0 Å². The van der Waals surface area contributed by atoms with Gasteiger partial charge in [-0.05, 0) is 31.9 Å². The summed E-state index contributed by atoms with van der Waals surface area (Å²) in [5, 5.41) is 15.3. The number of benzene rings is 1. The number of para-hydroxylation sites is 2. The van der Waals surface area contributed by atoms with Gasteiger partial charge in [0.15, 0.2) is 11.8 Å².